The number of rotatable bonds is 3. The van der Waals surface area contributed by atoms with Gasteiger partial charge in [-0.2, -0.15) is 0 Å². The summed E-state index contributed by atoms with van der Waals surface area (Å²) in [5, 5.41) is 0. The van der Waals surface area contributed by atoms with E-state index in [1.165, 1.54) is 0 Å². The van der Waals surface area contributed by atoms with Gasteiger partial charge >= 0.3 is 6.09 Å². The molecule has 2 amide bonds. The monoisotopic (exact) mass is 366 g/mol. The van der Waals surface area contributed by atoms with Gasteiger partial charge in [-0.05, 0) is 38.5 Å². The third kappa shape index (κ3) is 4.67. The standard InChI is InChI=1S/C22H26N2O3/c1-22(2,3)27-21(26)24-15-14-23(18-12-8-5-9-13-18)20(25)19(24)16-17-10-6-4-7-11-17/h4-13,19H,14-16H2,1-3H3/t19-/m0/s1. The molecule has 0 aliphatic carbocycles. The number of carbonyl (C=O) groups is 2. The number of hydrogen-bond acceptors (Lipinski definition) is 3. The zero-order chi connectivity index (χ0) is 19.4. The molecule has 1 heterocycles. The fourth-order valence-electron chi connectivity index (χ4n) is 3.23. The first-order valence-electron chi connectivity index (χ1n) is 9.25. The number of amides is 2. The van der Waals surface area contributed by atoms with Gasteiger partial charge in [0.1, 0.15) is 11.6 Å². The molecular weight excluding hydrogens is 340 g/mol. The van der Waals surface area contributed by atoms with Crippen molar-refractivity contribution in [3.63, 3.8) is 0 Å². The molecule has 0 spiro atoms. The molecule has 0 bridgehead atoms. The lowest BCUT2D eigenvalue weighted by molar-refractivity contribution is -0.125. The van der Waals surface area contributed by atoms with Crippen molar-refractivity contribution in [3.05, 3.63) is 66.2 Å². The highest BCUT2D eigenvalue weighted by Crippen LogP contribution is 2.24. The molecule has 2 aromatic rings. The van der Waals surface area contributed by atoms with Gasteiger partial charge in [0.2, 0.25) is 5.91 Å². The maximum atomic E-state index is 13.3. The lowest BCUT2D eigenvalue weighted by Gasteiger charge is -2.41. The normalized spacial score (nSPS) is 17.7. The summed E-state index contributed by atoms with van der Waals surface area (Å²) in [4.78, 5) is 29.4. The van der Waals surface area contributed by atoms with Crippen LogP contribution in [0.3, 0.4) is 0 Å². The van der Waals surface area contributed by atoms with Gasteiger partial charge in [0.05, 0.1) is 0 Å². The summed E-state index contributed by atoms with van der Waals surface area (Å²) < 4.78 is 5.55. The number of hydrogen-bond donors (Lipinski definition) is 0. The Labute approximate surface area is 160 Å². The van der Waals surface area contributed by atoms with E-state index in [9.17, 15) is 9.59 Å². The molecule has 5 nitrogen and oxygen atoms in total. The molecule has 0 unspecified atom stereocenters. The van der Waals surface area contributed by atoms with Gasteiger partial charge in [-0.1, -0.05) is 48.5 Å². The Morgan fingerprint density at radius 1 is 1.00 bits per heavy atom. The van der Waals surface area contributed by atoms with Crippen molar-refractivity contribution in [1.82, 2.24) is 4.90 Å². The van der Waals surface area contributed by atoms with E-state index in [4.69, 9.17) is 4.74 Å². The highest BCUT2D eigenvalue weighted by atomic mass is 16.6. The van der Waals surface area contributed by atoms with Crippen LogP contribution in [0, 0.1) is 0 Å². The molecule has 1 aliphatic heterocycles. The number of para-hydroxylation sites is 1. The second kappa shape index (κ2) is 7.82. The predicted molar refractivity (Wildman–Crippen MR) is 106 cm³/mol. The average Bonchev–Trinajstić information content (AvgIpc) is 2.63. The molecule has 1 saturated heterocycles. The molecule has 2 aromatic carbocycles. The number of anilines is 1. The largest absolute Gasteiger partial charge is 0.444 e. The van der Waals surface area contributed by atoms with E-state index >= 15 is 0 Å². The Kier molecular flexibility index (Phi) is 5.49. The van der Waals surface area contributed by atoms with Crippen molar-refractivity contribution in [2.75, 3.05) is 18.0 Å². The smallest absolute Gasteiger partial charge is 0.411 e. The maximum absolute atomic E-state index is 13.3. The first-order chi connectivity index (χ1) is 12.8. The lowest BCUT2D eigenvalue weighted by atomic mass is 10.0. The fraction of sp³-hybridized carbons (Fsp3) is 0.364. The van der Waals surface area contributed by atoms with Crippen LogP contribution in [-0.2, 0) is 16.0 Å². The summed E-state index contributed by atoms with van der Waals surface area (Å²) >= 11 is 0. The summed E-state index contributed by atoms with van der Waals surface area (Å²) in [6, 6.07) is 18.8. The van der Waals surface area contributed by atoms with Gasteiger partial charge in [-0.3, -0.25) is 9.69 Å². The van der Waals surface area contributed by atoms with E-state index < -0.39 is 17.7 Å². The van der Waals surface area contributed by atoms with Gasteiger partial charge in [0.15, 0.2) is 0 Å². The average molecular weight is 366 g/mol. The highest BCUT2D eigenvalue weighted by molar-refractivity contribution is 6.00. The minimum Gasteiger partial charge on any atom is -0.444 e. The SMILES string of the molecule is CC(C)(C)OC(=O)N1CCN(c2ccccc2)C(=O)[C@@H]1Cc1ccccc1. The second-order valence-corrected chi connectivity index (χ2v) is 7.70. The summed E-state index contributed by atoms with van der Waals surface area (Å²) in [6.45, 7) is 6.39. The molecule has 1 atom stereocenters. The molecular formula is C22H26N2O3. The van der Waals surface area contributed by atoms with Crippen molar-refractivity contribution >= 4 is 17.7 Å². The first kappa shape index (κ1) is 19.0. The quantitative estimate of drug-likeness (QED) is 0.828. The molecule has 0 aromatic heterocycles. The molecule has 0 N–H and O–H groups in total. The Bertz CT molecular complexity index is 784. The number of nitrogens with zero attached hydrogens (tertiary/aromatic N) is 2. The zero-order valence-electron chi connectivity index (χ0n) is 16.1. The van der Waals surface area contributed by atoms with Gasteiger partial charge in [0, 0.05) is 25.2 Å². The zero-order valence-corrected chi connectivity index (χ0v) is 16.1. The van der Waals surface area contributed by atoms with Crippen molar-refractivity contribution in [2.45, 2.75) is 38.8 Å². The van der Waals surface area contributed by atoms with Crippen LogP contribution in [0.5, 0.6) is 0 Å². The van der Waals surface area contributed by atoms with E-state index in [-0.39, 0.29) is 5.91 Å². The van der Waals surface area contributed by atoms with Crippen LogP contribution < -0.4 is 4.90 Å². The maximum Gasteiger partial charge on any atom is 0.411 e. The highest BCUT2D eigenvalue weighted by Gasteiger charge is 2.39. The number of piperazine rings is 1. The van der Waals surface area contributed by atoms with Crippen LogP contribution in [0.15, 0.2) is 60.7 Å². The summed E-state index contributed by atoms with van der Waals surface area (Å²) in [5.41, 5.74) is 1.26. The molecule has 0 saturated carbocycles. The van der Waals surface area contributed by atoms with E-state index in [1.54, 1.807) is 9.80 Å². The molecule has 27 heavy (non-hydrogen) atoms. The first-order valence-corrected chi connectivity index (χ1v) is 9.25. The minimum absolute atomic E-state index is 0.0813. The van der Waals surface area contributed by atoms with E-state index in [0.29, 0.717) is 19.5 Å². The molecule has 1 fully saturated rings. The van der Waals surface area contributed by atoms with Gasteiger partial charge in [-0.25, -0.2) is 4.79 Å². The third-order valence-corrected chi connectivity index (χ3v) is 4.46. The third-order valence-electron chi connectivity index (χ3n) is 4.46. The van der Waals surface area contributed by atoms with Crippen LogP contribution in [0.2, 0.25) is 0 Å². The van der Waals surface area contributed by atoms with Crippen LogP contribution in [-0.4, -0.2) is 41.6 Å². The minimum atomic E-state index is -0.603. The van der Waals surface area contributed by atoms with Crippen LogP contribution >= 0.6 is 0 Å². The van der Waals surface area contributed by atoms with Gasteiger partial charge in [-0.15, -0.1) is 0 Å². The number of benzene rings is 2. The van der Waals surface area contributed by atoms with Gasteiger partial charge in [0.25, 0.3) is 0 Å². The molecule has 0 radical (unpaired) electrons. The Morgan fingerprint density at radius 3 is 2.19 bits per heavy atom. The Balaban J connectivity index is 1.87. The lowest BCUT2D eigenvalue weighted by Crippen LogP contribution is -2.60. The number of carbonyl (C=O) groups excluding carboxylic acids is 2. The van der Waals surface area contributed by atoms with Crippen LogP contribution in [0.4, 0.5) is 10.5 Å². The second-order valence-electron chi connectivity index (χ2n) is 7.70. The molecule has 3 rings (SSSR count). The fourth-order valence-corrected chi connectivity index (χ4v) is 3.23. The van der Waals surface area contributed by atoms with Crippen LogP contribution in [0.25, 0.3) is 0 Å². The number of ether oxygens (including phenoxy) is 1. The topological polar surface area (TPSA) is 49.9 Å². The summed E-state index contributed by atoms with van der Waals surface area (Å²) in [7, 11) is 0. The van der Waals surface area contributed by atoms with Crippen molar-refractivity contribution in [2.24, 2.45) is 0 Å². The predicted octanol–water partition coefficient (Wildman–Crippen LogP) is 3.88. The molecule has 1 aliphatic rings. The van der Waals surface area contributed by atoms with E-state index in [1.807, 2.05) is 81.4 Å². The van der Waals surface area contributed by atoms with Crippen molar-refractivity contribution < 1.29 is 14.3 Å². The molecule has 142 valence electrons. The van der Waals surface area contributed by atoms with E-state index in [2.05, 4.69) is 0 Å². The Morgan fingerprint density at radius 2 is 1.59 bits per heavy atom. The van der Waals surface area contributed by atoms with Crippen molar-refractivity contribution in [3.8, 4) is 0 Å². The summed E-state index contributed by atoms with van der Waals surface area (Å²) in [5.74, 6) is -0.0813. The Hall–Kier alpha value is -2.82. The molecule has 5 heteroatoms. The van der Waals surface area contributed by atoms with E-state index in [0.717, 1.165) is 11.3 Å². The van der Waals surface area contributed by atoms with Crippen molar-refractivity contribution in [1.29, 1.82) is 0 Å². The van der Waals surface area contributed by atoms with Gasteiger partial charge < -0.3 is 9.64 Å². The summed E-state index contributed by atoms with van der Waals surface area (Å²) in [6.07, 6.45) is 0.0203. The van der Waals surface area contributed by atoms with Crippen LogP contribution in [0.1, 0.15) is 26.3 Å².